The fraction of sp³-hybridized carbons (Fsp3) is 0.250. The molecule has 16 heavy (non-hydrogen) atoms. The number of hydrogen-bond acceptors (Lipinski definition) is 3. The lowest BCUT2D eigenvalue weighted by Crippen LogP contribution is -2.04. The molecule has 82 valence electrons. The van der Waals surface area contributed by atoms with E-state index < -0.39 is 0 Å². The molecule has 0 unspecified atom stereocenters. The van der Waals surface area contributed by atoms with Gasteiger partial charge in [-0.2, -0.15) is 5.10 Å². The largest absolute Gasteiger partial charge is 0.397 e. The van der Waals surface area contributed by atoms with Crippen LogP contribution in [0.3, 0.4) is 0 Å². The van der Waals surface area contributed by atoms with E-state index in [1.807, 2.05) is 35.9 Å². The van der Waals surface area contributed by atoms with Gasteiger partial charge in [0.15, 0.2) is 0 Å². The summed E-state index contributed by atoms with van der Waals surface area (Å²) in [6.45, 7) is 3.28. The highest BCUT2D eigenvalue weighted by molar-refractivity contribution is 5.58. The molecule has 1 aromatic heterocycles. The van der Waals surface area contributed by atoms with Crippen molar-refractivity contribution in [2.24, 2.45) is 0 Å². The highest BCUT2D eigenvalue weighted by Gasteiger charge is 2.22. The van der Waals surface area contributed by atoms with Crippen LogP contribution in [0.2, 0.25) is 0 Å². The van der Waals surface area contributed by atoms with Gasteiger partial charge in [0.05, 0.1) is 36.0 Å². The predicted octanol–water partition coefficient (Wildman–Crippen LogP) is 1.79. The van der Waals surface area contributed by atoms with E-state index in [4.69, 9.17) is 10.5 Å². The average Bonchev–Trinajstić information content (AvgIpc) is 2.84. The van der Waals surface area contributed by atoms with Crippen LogP contribution in [0.15, 0.2) is 24.3 Å². The highest BCUT2D eigenvalue weighted by atomic mass is 16.5. The Bertz CT molecular complexity index is 545. The van der Waals surface area contributed by atoms with Gasteiger partial charge >= 0.3 is 0 Å². The Balaban J connectivity index is 2.21. The van der Waals surface area contributed by atoms with Crippen molar-refractivity contribution in [1.82, 2.24) is 9.78 Å². The third-order valence-electron chi connectivity index (χ3n) is 2.94. The third-order valence-corrected chi connectivity index (χ3v) is 2.94. The molecule has 4 nitrogen and oxygen atoms in total. The molecule has 3 rings (SSSR count). The van der Waals surface area contributed by atoms with Crippen LogP contribution in [0, 0.1) is 6.92 Å². The second kappa shape index (κ2) is 3.35. The predicted molar refractivity (Wildman–Crippen MR) is 61.2 cm³/mol. The van der Waals surface area contributed by atoms with Crippen LogP contribution in [0.5, 0.6) is 0 Å². The lowest BCUT2D eigenvalue weighted by atomic mass is 10.2. The number of rotatable bonds is 1. The molecule has 0 amide bonds. The fourth-order valence-corrected chi connectivity index (χ4v) is 2.07. The summed E-state index contributed by atoms with van der Waals surface area (Å²) >= 11 is 0. The molecule has 0 saturated carbocycles. The number of ether oxygens (including phenoxy) is 1. The first-order valence-electron chi connectivity index (χ1n) is 5.27. The van der Waals surface area contributed by atoms with Crippen LogP contribution < -0.4 is 5.73 Å². The molecule has 0 aliphatic carbocycles. The minimum atomic E-state index is 0.616. The molecule has 2 aromatic rings. The molecular formula is C12H13N3O. The van der Waals surface area contributed by atoms with Gasteiger partial charge in [0.25, 0.3) is 0 Å². The van der Waals surface area contributed by atoms with Crippen molar-refractivity contribution in [2.75, 3.05) is 5.73 Å². The van der Waals surface area contributed by atoms with Gasteiger partial charge in [-0.3, -0.25) is 0 Å². The normalized spacial score (nSPS) is 14.1. The minimum absolute atomic E-state index is 0.616. The molecule has 2 heterocycles. The summed E-state index contributed by atoms with van der Waals surface area (Å²) in [4.78, 5) is 0. The van der Waals surface area contributed by atoms with Crippen LogP contribution in [0.4, 0.5) is 5.69 Å². The molecule has 0 radical (unpaired) electrons. The van der Waals surface area contributed by atoms with E-state index in [1.165, 1.54) is 5.56 Å². The first kappa shape index (κ1) is 9.42. The first-order chi connectivity index (χ1) is 7.77. The monoisotopic (exact) mass is 215 g/mol. The first-order valence-corrected chi connectivity index (χ1v) is 5.27. The molecule has 2 N–H and O–H groups in total. The van der Waals surface area contributed by atoms with Crippen molar-refractivity contribution in [1.29, 1.82) is 0 Å². The zero-order valence-corrected chi connectivity index (χ0v) is 9.10. The number of nitrogens with two attached hydrogens (primary N) is 1. The number of aromatic nitrogens is 2. The summed E-state index contributed by atoms with van der Waals surface area (Å²) in [6, 6.07) is 7.74. The summed E-state index contributed by atoms with van der Waals surface area (Å²) in [6.07, 6.45) is 0. The van der Waals surface area contributed by atoms with Gasteiger partial charge in [-0.15, -0.1) is 0 Å². The molecule has 0 saturated heterocycles. The molecule has 1 aliphatic rings. The van der Waals surface area contributed by atoms with E-state index >= 15 is 0 Å². The van der Waals surface area contributed by atoms with Gasteiger partial charge in [-0.1, -0.05) is 12.1 Å². The topological polar surface area (TPSA) is 53.1 Å². The molecule has 1 aliphatic heterocycles. The van der Waals surface area contributed by atoms with E-state index in [1.54, 1.807) is 0 Å². The summed E-state index contributed by atoms with van der Waals surface area (Å²) < 4.78 is 7.33. The van der Waals surface area contributed by atoms with E-state index in [9.17, 15) is 0 Å². The zero-order valence-electron chi connectivity index (χ0n) is 9.10. The number of aryl methyl sites for hydroxylation is 1. The van der Waals surface area contributed by atoms with Crippen LogP contribution in [0.25, 0.3) is 5.69 Å². The second-order valence-electron chi connectivity index (χ2n) is 3.97. The van der Waals surface area contributed by atoms with E-state index in [2.05, 4.69) is 5.10 Å². The molecule has 0 spiro atoms. The lowest BCUT2D eigenvalue weighted by Gasteiger charge is -2.07. The second-order valence-corrected chi connectivity index (χ2v) is 3.97. The zero-order chi connectivity index (χ0) is 11.1. The van der Waals surface area contributed by atoms with Crippen molar-refractivity contribution in [3.8, 4) is 5.69 Å². The van der Waals surface area contributed by atoms with E-state index in [0.717, 1.165) is 22.8 Å². The molecule has 0 bridgehead atoms. The van der Waals surface area contributed by atoms with Crippen molar-refractivity contribution in [2.45, 2.75) is 20.1 Å². The molecule has 0 atom stereocenters. The number of nitrogen functional groups attached to an aromatic ring is 1. The van der Waals surface area contributed by atoms with E-state index in [-0.39, 0.29) is 0 Å². The Kier molecular flexibility index (Phi) is 1.97. The van der Waals surface area contributed by atoms with Gasteiger partial charge < -0.3 is 10.5 Å². The number of nitrogens with zero attached hydrogens (tertiary/aromatic N) is 2. The molecule has 4 heteroatoms. The van der Waals surface area contributed by atoms with Crippen molar-refractivity contribution in [3.63, 3.8) is 0 Å². The van der Waals surface area contributed by atoms with Gasteiger partial charge in [0.1, 0.15) is 0 Å². The minimum Gasteiger partial charge on any atom is -0.397 e. The Morgan fingerprint density at radius 2 is 2.12 bits per heavy atom. The maximum Gasteiger partial charge on any atom is 0.0897 e. The average molecular weight is 215 g/mol. The van der Waals surface area contributed by atoms with Crippen LogP contribution in [0.1, 0.15) is 17.0 Å². The van der Waals surface area contributed by atoms with E-state index in [0.29, 0.717) is 13.2 Å². The SMILES string of the molecule is Cc1nn(-c2ccccc2N)c2c1COC2. The summed E-state index contributed by atoms with van der Waals surface area (Å²) in [5, 5.41) is 4.52. The highest BCUT2D eigenvalue weighted by Crippen LogP contribution is 2.27. The van der Waals surface area contributed by atoms with Crippen LogP contribution in [-0.4, -0.2) is 9.78 Å². The maximum absolute atomic E-state index is 5.95. The standard InChI is InChI=1S/C12H13N3O/c1-8-9-6-16-7-12(9)15(14-8)11-5-3-2-4-10(11)13/h2-5H,6-7,13H2,1H3. The van der Waals surface area contributed by atoms with Gasteiger partial charge in [0.2, 0.25) is 0 Å². The molecular weight excluding hydrogens is 202 g/mol. The molecule has 1 aromatic carbocycles. The van der Waals surface area contributed by atoms with Crippen molar-refractivity contribution >= 4 is 5.69 Å². The van der Waals surface area contributed by atoms with Crippen molar-refractivity contribution in [3.05, 3.63) is 41.2 Å². The number of hydrogen-bond donors (Lipinski definition) is 1. The van der Waals surface area contributed by atoms with Crippen LogP contribution >= 0.6 is 0 Å². The van der Waals surface area contributed by atoms with Crippen molar-refractivity contribution < 1.29 is 4.74 Å². The van der Waals surface area contributed by atoms with Gasteiger partial charge in [0, 0.05) is 5.56 Å². The quantitative estimate of drug-likeness (QED) is 0.738. The Labute approximate surface area is 93.6 Å². The summed E-state index contributed by atoms with van der Waals surface area (Å²) in [5.41, 5.74) is 11.0. The number of benzene rings is 1. The van der Waals surface area contributed by atoms with Gasteiger partial charge in [-0.25, -0.2) is 4.68 Å². The number of fused-ring (bicyclic) bond motifs is 1. The number of anilines is 1. The van der Waals surface area contributed by atoms with Gasteiger partial charge in [-0.05, 0) is 19.1 Å². The third kappa shape index (κ3) is 1.23. The number of para-hydroxylation sites is 2. The Morgan fingerprint density at radius 1 is 1.31 bits per heavy atom. The Hall–Kier alpha value is -1.81. The Morgan fingerprint density at radius 3 is 2.94 bits per heavy atom. The summed E-state index contributed by atoms with van der Waals surface area (Å²) in [7, 11) is 0. The maximum atomic E-state index is 5.95. The fourth-order valence-electron chi connectivity index (χ4n) is 2.07. The molecule has 0 fully saturated rings. The summed E-state index contributed by atoms with van der Waals surface area (Å²) in [5.74, 6) is 0. The lowest BCUT2D eigenvalue weighted by molar-refractivity contribution is 0.130. The van der Waals surface area contributed by atoms with Crippen LogP contribution in [-0.2, 0) is 18.0 Å². The smallest absolute Gasteiger partial charge is 0.0897 e.